The normalized spacial score (nSPS) is 12.5. The first-order valence-corrected chi connectivity index (χ1v) is 9.81. The molecule has 0 spiro atoms. The van der Waals surface area contributed by atoms with Gasteiger partial charge in [-0.25, -0.2) is 4.79 Å². The van der Waals surface area contributed by atoms with Crippen molar-refractivity contribution in [1.82, 2.24) is 0 Å². The summed E-state index contributed by atoms with van der Waals surface area (Å²) in [6.07, 6.45) is 3.75. The molecule has 1 aliphatic carbocycles. The van der Waals surface area contributed by atoms with Crippen LogP contribution in [-0.4, -0.2) is 25.1 Å². The maximum atomic E-state index is 12.7. The first kappa shape index (κ1) is 18.5. The first-order valence-electron chi connectivity index (χ1n) is 8.99. The number of hydrogen-bond donors (Lipinski definition) is 1. The van der Waals surface area contributed by atoms with Crippen molar-refractivity contribution in [2.45, 2.75) is 39.5 Å². The SMILES string of the molecule is CCCOc1cccc(C(=O)Nc2sc3c(c2C(=O)OCC)CCC3)c1. The molecule has 1 aromatic carbocycles. The molecule has 1 aliphatic rings. The van der Waals surface area contributed by atoms with Crippen LogP contribution in [0.25, 0.3) is 0 Å². The largest absolute Gasteiger partial charge is 0.494 e. The molecule has 1 N–H and O–H groups in total. The number of amides is 1. The molecule has 1 aromatic heterocycles. The summed E-state index contributed by atoms with van der Waals surface area (Å²) >= 11 is 1.48. The average molecular weight is 373 g/mol. The van der Waals surface area contributed by atoms with Crippen LogP contribution in [-0.2, 0) is 17.6 Å². The van der Waals surface area contributed by atoms with Gasteiger partial charge < -0.3 is 14.8 Å². The predicted octanol–water partition coefficient (Wildman–Crippen LogP) is 4.45. The van der Waals surface area contributed by atoms with Crippen molar-refractivity contribution in [2.75, 3.05) is 18.5 Å². The molecule has 0 saturated heterocycles. The van der Waals surface area contributed by atoms with Crippen molar-refractivity contribution in [3.63, 3.8) is 0 Å². The molecular formula is C20H23NO4S. The Labute approximate surface area is 157 Å². The fourth-order valence-electron chi connectivity index (χ4n) is 3.03. The predicted molar refractivity (Wildman–Crippen MR) is 102 cm³/mol. The number of rotatable bonds is 7. The number of hydrogen-bond acceptors (Lipinski definition) is 5. The molecule has 0 fully saturated rings. The van der Waals surface area contributed by atoms with E-state index in [0.717, 1.165) is 31.2 Å². The molecule has 3 rings (SSSR count). The Bertz CT molecular complexity index is 812. The van der Waals surface area contributed by atoms with Crippen LogP contribution in [0.3, 0.4) is 0 Å². The molecule has 2 aromatic rings. The minimum Gasteiger partial charge on any atom is -0.494 e. The summed E-state index contributed by atoms with van der Waals surface area (Å²) < 4.78 is 10.8. The highest BCUT2D eigenvalue weighted by Crippen LogP contribution is 2.39. The lowest BCUT2D eigenvalue weighted by Gasteiger charge is -2.09. The molecule has 0 atom stereocenters. The van der Waals surface area contributed by atoms with E-state index in [2.05, 4.69) is 5.32 Å². The maximum Gasteiger partial charge on any atom is 0.341 e. The zero-order chi connectivity index (χ0) is 18.5. The second-order valence-electron chi connectivity index (χ2n) is 6.11. The minimum atomic E-state index is -0.359. The number of anilines is 1. The van der Waals surface area contributed by atoms with Crippen molar-refractivity contribution < 1.29 is 19.1 Å². The Balaban J connectivity index is 1.83. The van der Waals surface area contributed by atoms with Gasteiger partial charge in [0.15, 0.2) is 0 Å². The van der Waals surface area contributed by atoms with Crippen molar-refractivity contribution in [3.05, 3.63) is 45.8 Å². The number of carbonyl (C=O) groups is 2. The van der Waals surface area contributed by atoms with Crippen LogP contribution in [0.5, 0.6) is 5.75 Å². The van der Waals surface area contributed by atoms with E-state index in [4.69, 9.17) is 9.47 Å². The summed E-state index contributed by atoms with van der Waals surface area (Å²) in [4.78, 5) is 26.2. The Kier molecular flexibility index (Phi) is 5.93. The molecule has 1 heterocycles. The minimum absolute atomic E-state index is 0.252. The smallest absolute Gasteiger partial charge is 0.341 e. The van der Waals surface area contributed by atoms with E-state index in [-0.39, 0.29) is 11.9 Å². The molecule has 0 aliphatic heterocycles. The number of benzene rings is 1. The number of esters is 1. The number of fused-ring (bicyclic) bond motifs is 1. The van der Waals surface area contributed by atoms with Gasteiger partial charge in [-0.3, -0.25) is 4.79 Å². The molecule has 6 heteroatoms. The molecule has 5 nitrogen and oxygen atoms in total. The molecule has 0 saturated carbocycles. The van der Waals surface area contributed by atoms with Crippen molar-refractivity contribution in [1.29, 1.82) is 0 Å². The third-order valence-corrected chi connectivity index (χ3v) is 5.40. The van der Waals surface area contributed by atoms with E-state index >= 15 is 0 Å². The van der Waals surface area contributed by atoms with E-state index in [9.17, 15) is 9.59 Å². The second kappa shape index (κ2) is 8.36. The molecule has 138 valence electrons. The van der Waals surface area contributed by atoms with Crippen molar-refractivity contribution in [2.24, 2.45) is 0 Å². The van der Waals surface area contributed by atoms with Gasteiger partial charge in [-0.15, -0.1) is 11.3 Å². The molecule has 0 bridgehead atoms. The Morgan fingerprint density at radius 2 is 2.08 bits per heavy atom. The summed E-state index contributed by atoms with van der Waals surface area (Å²) in [7, 11) is 0. The monoisotopic (exact) mass is 373 g/mol. The summed E-state index contributed by atoms with van der Waals surface area (Å²) in [5, 5.41) is 3.48. The van der Waals surface area contributed by atoms with Crippen molar-refractivity contribution in [3.8, 4) is 5.75 Å². The molecule has 26 heavy (non-hydrogen) atoms. The van der Waals surface area contributed by atoms with Crippen LogP contribution >= 0.6 is 11.3 Å². The third-order valence-electron chi connectivity index (χ3n) is 4.20. The van der Waals surface area contributed by atoms with Crippen LogP contribution in [0.4, 0.5) is 5.00 Å². The number of nitrogens with one attached hydrogen (secondary N) is 1. The highest BCUT2D eigenvalue weighted by atomic mass is 32.1. The van der Waals surface area contributed by atoms with Gasteiger partial charge in [0.25, 0.3) is 5.91 Å². The van der Waals surface area contributed by atoms with Gasteiger partial charge in [0.2, 0.25) is 0 Å². The Hall–Kier alpha value is -2.34. The van der Waals surface area contributed by atoms with Gasteiger partial charge in [0.1, 0.15) is 10.8 Å². The summed E-state index contributed by atoms with van der Waals surface area (Å²) in [5.74, 6) is 0.0541. The lowest BCUT2D eigenvalue weighted by molar-refractivity contribution is 0.0527. The van der Waals surface area contributed by atoms with Crippen LogP contribution in [0.15, 0.2) is 24.3 Å². The lowest BCUT2D eigenvalue weighted by Crippen LogP contribution is -2.15. The van der Waals surface area contributed by atoms with E-state index in [1.807, 2.05) is 13.0 Å². The topological polar surface area (TPSA) is 64.6 Å². The number of carbonyl (C=O) groups excluding carboxylic acids is 2. The van der Waals surface area contributed by atoms with Gasteiger partial charge in [-0.1, -0.05) is 13.0 Å². The first-order chi connectivity index (χ1) is 12.6. The highest BCUT2D eigenvalue weighted by Gasteiger charge is 2.28. The van der Waals surface area contributed by atoms with E-state index in [1.165, 1.54) is 16.2 Å². The van der Waals surface area contributed by atoms with Crippen LogP contribution in [0.2, 0.25) is 0 Å². The quantitative estimate of drug-likeness (QED) is 0.728. The van der Waals surface area contributed by atoms with Gasteiger partial charge >= 0.3 is 5.97 Å². The maximum absolute atomic E-state index is 12.7. The zero-order valence-electron chi connectivity index (χ0n) is 15.1. The summed E-state index contributed by atoms with van der Waals surface area (Å²) in [6.45, 7) is 4.73. The Morgan fingerprint density at radius 1 is 1.23 bits per heavy atom. The number of ether oxygens (including phenoxy) is 2. The van der Waals surface area contributed by atoms with Crippen LogP contribution < -0.4 is 10.1 Å². The summed E-state index contributed by atoms with van der Waals surface area (Å²) in [5.41, 5.74) is 2.06. The standard InChI is InChI=1S/C20H23NO4S/c1-3-11-25-14-8-5-7-13(12-14)18(22)21-19-17(20(23)24-4-2)15-9-6-10-16(15)26-19/h5,7-8,12H,3-4,6,9-11H2,1-2H3,(H,21,22). The number of aryl methyl sites for hydroxylation is 1. The van der Waals surface area contributed by atoms with E-state index in [0.29, 0.717) is 35.1 Å². The van der Waals surface area contributed by atoms with Crippen molar-refractivity contribution >= 4 is 28.2 Å². The molecule has 0 unspecified atom stereocenters. The Morgan fingerprint density at radius 3 is 2.85 bits per heavy atom. The van der Waals surface area contributed by atoms with Crippen LogP contribution in [0, 0.1) is 0 Å². The highest BCUT2D eigenvalue weighted by molar-refractivity contribution is 7.17. The third kappa shape index (κ3) is 3.90. The van der Waals surface area contributed by atoms with E-state index < -0.39 is 0 Å². The van der Waals surface area contributed by atoms with E-state index in [1.54, 1.807) is 25.1 Å². The zero-order valence-corrected chi connectivity index (χ0v) is 15.9. The van der Waals surface area contributed by atoms with Crippen LogP contribution in [0.1, 0.15) is 57.8 Å². The second-order valence-corrected chi connectivity index (χ2v) is 7.22. The van der Waals surface area contributed by atoms with Gasteiger partial charge in [-0.2, -0.15) is 0 Å². The fourth-order valence-corrected chi connectivity index (χ4v) is 4.31. The lowest BCUT2D eigenvalue weighted by atomic mass is 10.1. The summed E-state index contributed by atoms with van der Waals surface area (Å²) in [6, 6.07) is 7.08. The van der Waals surface area contributed by atoms with Gasteiger partial charge in [0.05, 0.1) is 18.8 Å². The number of thiophene rings is 1. The molecular weight excluding hydrogens is 350 g/mol. The average Bonchev–Trinajstić information content (AvgIpc) is 3.21. The molecule has 1 amide bonds. The fraction of sp³-hybridized carbons (Fsp3) is 0.400. The van der Waals surface area contributed by atoms with Gasteiger partial charge in [-0.05, 0) is 56.4 Å². The van der Waals surface area contributed by atoms with Gasteiger partial charge in [0, 0.05) is 10.4 Å². The molecule has 0 radical (unpaired) electrons.